The molecule has 1 saturated heterocycles. The number of benzene rings is 2. The number of aryl methyl sites for hydroxylation is 1. The smallest absolute Gasteiger partial charge is 0.179 e. The second-order valence-corrected chi connectivity index (χ2v) is 7.10. The average molecular weight is 360 g/mol. The first kappa shape index (κ1) is 16.6. The van der Waals surface area contributed by atoms with Crippen LogP contribution in [0.2, 0.25) is 5.02 Å². The zero-order chi connectivity index (χ0) is 17.6. The maximum Gasteiger partial charge on any atom is 0.179 e. The highest BCUT2D eigenvalue weighted by atomic mass is 35.5. The lowest BCUT2D eigenvalue weighted by atomic mass is 9.80. The molecule has 2 aliphatic heterocycles. The maximum absolute atomic E-state index is 6.43. The van der Waals surface area contributed by atoms with Crippen molar-refractivity contribution in [2.75, 3.05) is 26.1 Å². The second kappa shape index (κ2) is 6.43. The summed E-state index contributed by atoms with van der Waals surface area (Å²) in [5.74, 6) is 1.58. The van der Waals surface area contributed by atoms with Crippen LogP contribution in [0.4, 0.5) is 5.69 Å². The van der Waals surface area contributed by atoms with Crippen LogP contribution in [-0.2, 0) is 4.74 Å². The van der Waals surface area contributed by atoms with E-state index in [0.717, 1.165) is 24.3 Å². The molecule has 0 spiro atoms. The third kappa shape index (κ3) is 2.74. The van der Waals surface area contributed by atoms with Crippen LogP contribution in [0.25, 0.3) is 0 Å². The minimum Gasteiger partial charge on any atom is -0.493 e. The average Bonchev–Trinajstić information content (AvgIpc) is 3.10. The standard InChI is InChI=1S/C20H22ClNO3/c1-11-4-5-16-14(8-11)19-13(6-7-25-19)18(22-16)12-9-15(21)20(24-3)17(10-12)23-2/h4-5,8-10,13,18-19,22H,6-7H2,1-3H3. The first-order valence-corrected chi connectivity index (χ1v) is 8.90. The summed E-state index contributed by atoms with van der Waals surface area (Å²) in [6, 6.07) is 10.6. The maximum atomic E-state index is 6.43. The highest BCUT2D eigenvalue weighted by Crippen LogP contribution is 2.51. The number of anilines is 1. The van der Waals surface area contributed by atoms with Gasteiger partial charge in [-0.1, -0.05) is 29.3 Å². The van der Waals surface area contributed by atoms with E-state index < -0.39 is 0 Å². The summed E-state index contributed by atoms with van der Waals surface area (Å²) in [5.41, 5.74) is 4.73. The Balaban J connectivity index is 1.78. The number of hydrogen-bond acceptors (Lipinski definition) is 4. The Kier molecular flexibility index (Phi) is 4.26. The fraction of sp³-hybridized carbons (Fsp3) is 0.400. The van der Waals surface area contributed by atoms with Crippen molar-refractivity contribution in [2.45, 2.75) is 25.5 Å². The van der Waals surface area contributed by atoms with Crippen LogP contribution < -0.4 is 14.8 Å². The van der Waals surface area contributed by atoms with E-state index in [2.05, 4.69) is 30.4 Å². The molecule has 0 radical (unpaired) electrons. The summed E-state index contributed by atoms with van der Waals surface area (Å²) in [4.78, 5) is 0. The van der Waals surface area contributed by atoms with Crippen LogP contribution in [0.15, 0.2) is 30.3 Å². The predicted molar refractivity (Wildman–Crippen MR) is 98.9 cm³/mol. The summed E-state index contributed by atoms with van der Waals surface area (Å²) in [6.07, 6.45) is 1.13. The third-order valence-electron chi connectivity index (χ3n) is 5.21. The van der Waals surface area contributed by atoms with Crippen molar-refractivity contribution in [2.24, 2.45) is 5.92 Å². The summed E-state index contributed by atoms with van der Waals surface area (Å²) < 4.78 is 16.9. The Hall–Kier alpha value is -1.91. The van der Waals surface area contributed by atoms with Gasteiger partial charge in [0.05, 0.1) is 31.4 Å². The topological polar surface area (TPSA) is 39.7 Å². The quantitative estimate of drug-likeness (QED) is 0.845. The van der Waals surface area contributed by atoms with Gasteiger partial charge in [0.15, 0.2) is 11.5 Å². The molecule has 2 heterocycles. The highest BCUT2D eigenvalue weighted by Gasteiger charge is 2.41. The Morgan fingerprint density at radius 1 is 1.16 bits per heavy atom. The van der Waals surface area contributed by atoms with Crippen molar-refractivity contribution in [1.29, 1.82) is 0 Å². The van der Waals surface area contributed by atoms with Crippen LogP contribution >= 0.6 is 11.6 Å². The molecule has 25 heavy (non-hydrogen) atoms. The van der Waals surface area contributed by atoms with E-state index in [1.165, 1.54) is 11.1 Å². The van der Waals surface area contributed by atoms with Crippen LogP contribution in [0.1, 0.15) is 35.3 Å². The second-order valence-electron chi connectivity index (χ2n) is 6.69. The molecule has 4 nitrogen and oxygen atoms in total. The number of ether oxygens (including phenoxy) is 3. The van der Waals surface area contributed by atoms with Crippen LogP contribution in [-0.4, -0.2) is 20.8 Å². The van der Waals surface area contributed by atoms with Crippen molar-refractivity contribution in [3.8, 4) is 11.5 Å². The first-order valence-electron chi connectivity index (χ1n) is 8.52. The van der Waals surface area contributed by atoms with Crippen molar-refractivity contribution in [3.05, 3.63) is 52.0 Å². The number of rotatable bonds is 3. The van der Waals surface area contributed by atoms with E-state index in [1.54, 1.807) is 14.2 Å². The molecule has 0 aliphatic carbocycles. The van der Waals surface area contributed by atoms with Gasteiger partial charge in [-0.25, -0.2) is 0 Å². The Morgan fingerprint density at radius 3 is 2.76 bits per heavy atom. The molecule has 5 heteroatoms. The third-order valence-corrected chi connectivity index (χ3v) is 5.49. The van der Waals surface area contributed by atoms with Crippen LogP contribution in [0.3, 0.4) is 0 Å². The summed E-state index contributed by atoms with van der Waals surface area (Å²) >= 11 is 6.43. The zero-order valence-electron chi connectivity index (χ0n) is 14.6. The van der Waals surface area contributed by atoms with Gasteiger partial charge < -0.3 is 19.5 Å². The van der Waals surface area contributed by atoms with Crippen LogP contribution in [0, 0.1) is 12.8 Å². The number of methoxy groups -OCH3 is 2. The molecule has 0 amide bonds. The van der Waals surface area contributed by atoms with Gasteiger partial charge in [0.25, 0.3) is 0 Å². The molecule has 132 valence electrons. The molecule has 4 rings (SSSR count). The van der Waals surface area contributed by atoms with Crippen molar-refractivity contribution < 1.29 is 14.2 Å². The van der Waals surface area contributed by atoms with E-state index in [-0.39, 0.29) is 12.1 Å². The lowest BCUT2D eigenvalue weighted by Crippen LogP contribution is -2.29. The molecular weight excluding hydrogens is 338 g/mol. The summed E-state index contributed by atoms with van der Waals surface area (Å²) in [7, 11) is 3.23. The monoisotopic (exact) mass is 359 g/mol. The molecule has 3 unspecified atom stereocenters. The molecule has 1 fully saturated rings. The van der Waals surface area contributed by atoms with E-state index in [9.17, 15) is 0 Å². The fourth-order valence-corrected chi connectivity index (χ4v) is 4.34. The van der Waals surface area contributed by atoms with E-state index in [0.29, 0.717) is 22.4 Å². The minimum atomic E-state index is 0.119. The first-order chi connectivity index (χ1) is 12.1. The normalized spacial score (nSPS) is 24.2. The van der Waals surface area contributed by atoms with Crippen molar-refractivity contribution >= 4 is 17.3 Å². The molecule has 0 aromatic heterocycles. The largest absolute Gasteiger partial charge is 0.493 e. The fourth-order valence-electron chi connectivity index (χ4n) is 4.04. The zero-order valence-corrected chi connectivity index (χ0v) is 15.4. The Labute approximate surface area is 153 Å². The molecule has 3 atom stereocenters. The van der Waals surface area contributed by atoms with Gasteiger partial charge in [-0.05, 0) is 37.1 Å². The molecule has 2 aromatic rings. The van der Waals surface area contributed by atoms with Crippen LogP contribution in [0.5, 0.6) is 11.5 Å². The van der Waals surface area contributed by atoms with Gasteiger partial charge in [0.2, 0.25) is 0 Å². The summed E-state index contributed by atoms with van der Waals surface area (Å²) in [6.45, 7) is 2.90. The number of hydrogen-bond donors (Lipinski definition) is 1. The van der Waals surface area contributed by atoms with Gasteiger partial charge in [-0.2, -0.15) is 0 Å². The Morgan fingerprint density at radius 2 is 2.00 bits per heavy atom. The molecule has 2 aliphatic rings. The number of halogens is 1. The molecule has 0 saturated carbocycles. The molecule has 1 N–H and O–H groups in total. The highest BCUT2D eigenvalue weighted by molar-refractivity contribution is 6.32. The van der Waals surface area contributed by atoms with Gasteiger partial charge in [-0.3, -0.25) is 0 Å². The number of nitrogens with one attached hydrogen (secondary N) is 1. The molecular formula is C20H22ClNO3. The lowest BCUT2D eigenvalue weighted by Gasteiger charge is -2.37. The predicted octanol–water partition coefficient (Wildman–Crippen LogP) is 4.91. The van der Waals surface area contributed by atoms with Gasteiger partial charge in [0, 0.05) is 23.8 Å². The van der Waals surface area contributed by atoms with Crippen molar-refractivity contribution in [1.82, 2.24) is 0 Å². The van der Waals surface area contributed by atoms with Gasteiger partial charge in [0.1, 0.15) is 0 Å². The SMILES string of the molecule is COc1cc(C2Nc3ccc(C)cc3C3OCCC23)cc(Cl)c1OC. The molecule has 2 aromatic carbocycles. The molecule has 0 bridgehead atoms. The van der Waals surface area contributed by atoms with Gasteiger partial charge >= 0.3 is 0 Å². The summed E-state index contributed by atoms with van der Waals surface area (Å²) in [5, 5.41) is 4.25. The van der Waals surface area contributed by atoms with E-state index >= 15 is 0 Å². The van der Waals surface area contributed by atoms with Crippen molar-refractivity contribution in [3.63, 3.8) is 0 Å². The lowest BCUT2D eigenvalue weighted by molar-refractivity contribution is 0.0828. The number of fused-ring (bicyclic) bond motifs is 3. The van der Waals surface area contributed by atoms with E-state index in [4.69, 9.17) is 25.8 Å². The van der Waals surface area contributed by atoms with Gasteiger partial charge in [-0.15, -0.1) is 0 Å². The van der Waals surface area contributed by atoms with E-state index in [1.807, 2.05) is 12.1 Å². The Bertz CT molecular complexity index is 808. The minimum absolute atomic E-state index is 0.119.